The van der Waals surface area contributed by atoms with Crippen LogP contribution in [0.1, 0.15) is 6.93 Å². The summed E-state index contributed by atoms with van der Waals surface area (Å²) in [7, 11) is 0. The second kappa shape index (κ2) is 4.47. The van der Waals surface area contributed by atoms with Gasteiger partial charge in [0.1, 0.15) is 1.37 Å². The molecule has 0 aliphatic carbocycles. The van der Waals surface area contributed by atoms with E-state index in [1.165, 1.54) is 5.56 Å². The third-order valence-corrected chi connectivity index (χ3v) is 3.10. The number of ether oxygens (including phenoxy) is 1. The Morgan fingerprint density at radius 2 is 2.59 bits per heavy atom. The first kappa shape index (κ1) is 9.62. The Bertz CT molecular complexity index is 561. The van der Waals surface area contributed by atoms with Crippen LogP contribution in [0.3, 0.4) is 0 Å². The molecule has 2 heterocycles. The quantitative estimate of drug-likeness (QED) is 0.849. The van der Waals surface area contributed by atoms with Gasteiger partial charge in [0, 0.05) is 13.1 Å². The first-order valence-electron chi connectivity index (χ1n) is 6.50. The number of hydrogen-bond donors (Lipinski definition) is 1. The predicted molar refractivity (Wildman–Crippen MR) is 67.1 cm³/mol. The molecule has 0 radical (unpaired) electrons. The van der Waals surface area contributed by atoms with Crippen molar-refractivity contribution in [3.05, 3.63) is 30.1 Å². The molecule has 1 aromatic heterocycles. The number of imidazole rings is 1. The second-order valence-corrected chi connectivity index (χ2v) is 4.51. The van der Waals surface area contributed by atoms with Crippen molar-refractivity contribution in [2.45, 2.75) is 19.6 Å². The van der Waals surface area contributed by atoms with Crippen LogP contribution in [-0.4, -0.2) is 35.4 Å². The molecule has 1 aromatic carbocycles. The van der Waals surface area contributed by atoms with Crippen molar-refractivity contribution in [2.24, 2.45) is 0 Å². The second-order valence-electron chi connectivity index (χ2n) is 4.51. The molecule has 2 aromatic rings. The third-order valence-electron chi connectivity index (χ3n) is 3.10. The lowest BCUT2D eigenvalue weighted by molar-refractivity contribution is 0.0188. The maximum Gasteiger partial charge on any atom is 0.104 e. The van der Waals surface area contributed by atoms with E-state index < -0.39 is 0 Å². The maximum atomic E-state index is 7.96. The highest BCUT2D eigenvalue weighted by Gasteiger charge is 2.14. The normalized spacial score (nSPS) is 21.7. The van der Waals surface area contributed by atoms with E-state index in [0.29, 0.717) is 12.8 Å². The van der Waals surface area contributed by atoms with Gasteiger partial charge in [-0.3, -0.25) is 0 Å². The van der Waals surface area contributed by atoms with Crippen LogP contribution in [0.5, 0.6) is 0 Å². The van der Waals surface area contributed by atoms with E-state index in [1.54, 1.807) is 0 Å². The van der Waals surface area contributed by atoms with Gasteiger partial charge in [0.15, 0.2) is 0 Å². The molecule has 1 N–H and O–H groups in total. The standard InChI is InChI=1S/C13H17N3O/c1-10-2-3-13-12(6-10)15-9-16(13)8-11-7-14-4-5-17-11/h2-3,6,9,11,14H,4-5,7-8H2,1H3/i9D. The van der Waals surface area contributed by atoms with E-state index in [9.17, 15) is 0 Å². The van der Waals surface area contributed by atoms with Crippen molar-refractivity contribution in [3.8, 4) is 0 Å². The van der Waals surface area contributed by atoms with Gasteiger partial charge in [0.25, 0.3) is 0 Å². The molecule has 1 aliphatic rings. The van der Waals surface area contributed by atoms with E-state index in [0.717, 1.165) is 30.7 Å². The van der Waals surface area contributed by atoms with Crippen molar-refractivity contribution in [1.29, 1.82) is 0 Å². The minimum Gasteiger partial charge on any atom is -0.374 e. The number of benzene rings is 1. The van der Waals surface area contributed by atoms with Crippen molar-refractivity contribution in [3.63, 3.8) is 0 Å². The number of hydrogen-bond acceptors (Lipinski definition) is 3. The minimum atomic E-state index is 0.126. The average Bonchev–Trinajstić information content (AvgIpc) is 2.66. The van der Waals surface area contributed by atoms with Crippen LogP contribution < -0.4 is 5.32 Å². The number of aromatic nitrogens is 2. The molecule has 4 nitrogen and oxygen atoms in total. The van der Waals surface area contributed by atoms with Crippen molar-refractivity contribution >= 4 is 11.0 Å². The topological polar surface area (TPSA) is 39.1 Å². The molecule has 0 spiro atoms. The highest BCUT2D eigenvalue weighted by molar-refractivity contribution is 5.75. The number of fused-ring (bicyclic) bond motifs is 1. The van der Waals surface area contributed by atoms with E-state index >= 15 is 0 Å². The number of morpholine rings is 1. The molecule has 3 rings (SSSR count). The number of rotatable bonds is 2. The van der Waals surface area contributed by atoms with E-state index in [1.807, 2.05) is 23.6 Å². The molecule has 0 bridgehead atoms. The first-order chi connectivity index (χ1) is 8.74. The Balaban J connectivity index is 1.92. The fourth-order valence-electron chi connectivity index (χ4n) is 2.20. The Kier molecular flexibility index (Phi) is 2.53. The maximum absolute atomic E-state index is 7.96. The van der Waals surface area contributed by atoms with E-state index in [2.05, 4.69) is 16.4 Å². The van der Waals surface area contributed by atoms with Gasteiger partial charge in [0.05, 0.1) is 36.6 Å². The van der Waals surface area contributed by atoms with Crippen LogP contribution in [-0.2, 0) is 11.3 Å². The molecule has 90 valence electrons. The van der Waals surface area contributed by atoms with Crippen LogP contribution in [0.15, 0.2) is 24.5 Å². The minimum absolute atomic E-state index is 0.126. The molecule has 4 heteroatoms. The van der Waals surface area contributed by atoms with Gasteiger partial charge in [-0.2, -0.15) is 0 Å². The average molecular weight is 232 g/mol. The van der Waals surface area contributed by atoms with Gasteiger partial charge >= 0.3 is 0 Å². The van der Waals surface area contributed by atoms with Gasteiger partial charge in [-0.05, 0) is 24.6 Å². The molecule has 1 atom stereocenters. The summed E-state index contributed by atoms with van der Waals surface area (Å²) in [4.78, 5) is 4.29. The zero-order valence-corrected chi connectivity index (χ0v) is 9.94. The van der Waals surface area contributed by atoms with Crippen LogP contribution in [0.2, 0.25) is 0 Å². The molecular formula is C13H17N3O. The summed E-state index contributed by atoms with van der Waals surface area (Å²) >= 11 is 0. The van der Waals surface area contributed by atoms with Gasteiger partial charge in [-0.1, -0.05) is 6.07 Å². The zero-order valence-electron chi connectivity index (χ0n) is 10.9. The SMILES string of the molecule is [2H]c1nc2cc(C)ccc2n1CC1CNCCO1. The number of aryl methyl sites for hydroxylation is 1. The van der Waals surface area contributed by atoms with Crippen LogP contribution in [0.25, 0.3) is 11.0 Å². The van der Waals surface area contributed by atoms with Crippen molar-refractivity contribution in [2.75, 3.05) is 19.7 Å². The summed E-state index contributed by atoms with van der Waals surface area (Å²) in [5, 5.41) is 3.30. The van der Waals surface area contributed by atoms with Gasteiger partial charge in [0.2, 0.25) is 0 Å². The lowest BCUT2D eigenvalue weighted by atomic mass is 10.2. The van der Waals surface area contributed by atoms with Gasteiger partial charge in [-0.15, -0.1) is 0 Å². The Labute approximate surface area is 102 Å². The highest BCUT2D eigenvalue weighted by Crippen LogP contribution is 2.15. The summed E-state index contributed by atoms with van der Waals surface area (Å²) in [6.45, 7) is 5.21. The Hall–Kier alpha value is -1.39. The van der Waals surface area contributed by atoms with E-state index in [-0.39, 0.29) is 6.10 Å². The summed E-state index contributed by atoms with van der Waals surface area (Å²) in [6.07, 6.45) is 0.436. The predicted octanol–water partition coefficient (Wildman–Crippen LogP) is 1.33. The molecule has 1 saturated heterocycles. The highest BCUT2D eigenvalue weighted by atomic mass is 16.5. The lowest BCUT2D eigenvalue weighted by Crippen LogP contribution is -2.40. The largest absolute Gasteiger partial charge is 0.374 e. The van der Waals surface area contributed by atoms with Gasteiger partial charge < -0.3 is 14.6 Å². The molecule has 1 fully saturated rings. The van der Waals surface area contributed by atoms with Crippen LogP contribution >= 0.6 is 0 Å². The summed E-state index contributed by atoms with van der Waals surface area (Å²) < 4.78 is 15.6. The fourth-order valence-corrected chi connectivity index (χ4v) is 2.20. The third kappa shape index (κ3) is 2.18. The summed E-state index contributed by atoms with van der Waals surface area (Å²) in [5.74, 6) is 0. The van der Waals surface area contributed by atoms with Crippen LogP contribution in [0.4, 0.5) is 0 Å². The molecule has 0 saturated carbocycles. The van der Waals surface area contributed by atoms with Gasteiger partial charge in [-0.25, -0.2) is 4.98 Å². The lowest BCUT2D eigenvalue weighted by Gasteiger charge is -2.24. The molecule has 1 unspecified atom stereocenters. The fraction of sp³-hybridized carbons (Fsp3) is 0.462. The number of nitrogens with zero attached hydrogens (tertiary/aromatic N) is 2. The number of nitrogens with one attached hydrogen (secondary N) is 1. The molecule has 0 amide bonds. The van der Waals surface area contributed by atoms with Crippen LogP contribution in [0, 0.1) is 6.92 Å². The molecule has 1 aliphatic heterocycles. The Morgan fingerprint density at radius 1 is 1.65 bits per heavy atom. The zero-order chi connectivity index (χ0) is 12.5. The summed E-state index contributed by atoms with van der Waals surface area (Å²) in [5.41, 5.74) is 3.08. The summed E-state index contributed by atoms with van der Waals surface area (Å²) in [6, 6.07) is 6.11. The smallest absolute Gasteiger partial charge is 0.104 e. The molecule has 17 heavy (non-hydrogen) atoms. The monoisotopic (exact) mass is 232 g/mol. The van der Waals surface area contributed by atoms with E-state index in [4.69, 9.17) is 6.11 Å². The Morgan fingerprint density at radius 3 is 3.41 bits per heavy atom. The molecular weight excluding hydrogens is 214 g/mol. The first-order valence-corrected chi connectivity index (χ1v) is 6.00. The van der Waals surface area contributed by atoms with Crippen molar-refractivity contribution in [1.82, 2.24) is 14.9 Å². The van der Waals surface area contributed by atoms with Crippen molar-refractivity contribution < 1.29 is 6.11 Å².